The van der Waals surface area contributed by atoms with E-state index in [1.165, 1.54) is 12.3 Å². The van der Waals surface area contributed by atoms with Gasteiger partial charge in [0.2, 0.25) is 5.91 Å². The average Bonchev–Trinajstić information content (AvgIpc) is 3.11. The van der Waals surface area contributed by atoms with Gasteiger partial charge in [0.25, 0.3) is 0 Å². The van der Waals surface area contributed by atoms with E-state index in [9.17, 15) is 18.0 Å². The molecule has 1 N–H and O–H groups in total. The van der Waals surface area contributed by atoms with E-state index in [1.54, 1.807) is 19.1 Å². The van der Waals surface area contributed by atoms with Gasteiger partial charge < -0.3 is 14.7 Å². The van der Waals surface area contributed by atoms with Crippen molar-refractivity contribution in [3.05, 3.63) is 47.9 Å². The van der Waals surface area contributed by atoms with Gasteiger partial charge in [-0.05, 0) is 38.0 Å². The predicted molar refractivity (Wildman–Crippen MR) is 102 cm³/mol. The summed E-state index contributed by atoms with van der Waals surface area (Å²) in [5.41, 5.74) is 0.418. The number of piperidine rings is 1. The number of rotatable bonds is 3. The van der Waals surface area contributed by atoms with Crippen LogP contribution in [0.25, 0.3) is 10.9 Å². The number of pyridine rings is 1. The molecule has 6 nitrogen and oxygen atoms in total. The van der Waals surface area contributed by atoms with Gasteiger partial charge in [-0.25, -0.2) is 0 Å². The van der Waals surface area contributed by atoms with E-state index in [0.717, 1.165) is 17.8 Å². The summed E-state index contributed by atoms with van der Waals surface area (Å²) >= 11 is 0. The first kappa shape index (κ1) is 19.2. The molecule has 1 aromatic carbocycles. The lowest BCUT2D eigenvalue weighted by Gasteiger charge is -2.33. The summed E-state index contributed by atoms with van der Waals surface area (Å²) in [6, 6.07) is 7.07. The number of hydrogen-bond acceptors (Lipinski definition) is 5. The molecule has 29 heavy (non-hydrogen) atoms. The van der Waals surface area contributed by atoms with Gasteiger partial charge in [0.05, 0.1) is 11.1 Å². The maximum Gasteiger partial charge on any atom is 0.416 e. The molecule has 9 heteroatoms. The lowest BCUT2D eigenvalue weighted by Crippen LogP contribution is -2.38. The minimum atomic E-state index is -4.40. The summed E-state index contributed by atoms with van der Waals surface area (Å²) in [4.78, 5) is 18.6. The van der Waals surface area contributed by atoms with Crippen molar-refractivity contribution < 1.29 is 22.5 Å². The fourth-order valence-electron chi connectivity index (χ4n) is 3.62. The standard InChI is InChI=1S/C20H19F3N4O2/c1-12-10-18(26-29-12)25-19(28)13-5-8-27(9-6-13)17-4-7-24-16-11-14(20(21,22)23)2-3-15(16)17/h2-4,7,10-11,13H,5-6,8-9H2,1H3,(H,25,26,28). The Morgan fingerprint density at radius 2 is 1.97 bits per heavy atom. The summed E-state index contributed by atoms with van der Waals surface area (Å²) in [5.74, 6) is 0.754. The first-order chi connectivity index (χ1) is 13.8. The van der Waals surface area contributed by atoms with Crippen molar-refractivity contribution in [1.29, 1.82) is 0 Å². The van der Waals surface area contributed by atoms with Crippen molar-refractivity contribution >= 4 is 28.3 Å². The number of nitrogens with zero attached hydrogens (tertiary/aromatic N) is 3. The fourth-order valence-corrected chi connectivity index (χ4v) is 3.62. The maximum atomic E-state index is 13.0. The molecule has 0 saturated carbocycles. The highest BCUT2D eigenvalue weighted by Crippen LogP contribution is 2.34. The number of aryl methyl sites for hydroxylation is 1. The first-order valence-corrected chi connectivity index (χ1v) is 9.26. The van der Waals surface area contributed by atoms with E-state index in [0.29, 0.717) is 48.4 Å². The molecule has 3 heterocycles. The topological polar surface area (TPSA) is 71.3 Å². The van der Waals surface area contributed by atoms with Crippen LogP contribution < -0.4 is 10.2 Å². The third kappa shape index (κ3) is 4.03. The van der Waals surface area contributed by atoms with Crippen LogP contribution in [-0.2, 0) is 11.0 Å². The quantitative estimate of drug-likeness (QED) is 0.700. The number of benzene rings is 1. The van der Waals surface area contributed by atoms with E-state index in [2.05, 4.69) is 20.4 Å². The summed E-state index contributed by atoms with van der Waals surface area (Å²) in [5, 5.41) is 7.19. The second-order valence-electron chi connectivity index (χ2n) is 7.13. The highest BCUT2D eigenvalue weighted by molar-refractivity contribution is 5.93. The molecule has 0 spiro atoms. The summed E-state index contributed by atoms with van der Waals surface area (Å²) in [6.45, 7) is 2.99. The Morgan fingerprint density at radius 1 is 1.21 bits per heavy atom. The monoisotopic (exact) mass is 404 g/mol. The van der Waals surface area contributed by atoms with Crippen LogP contribution in [0.3, 0.4) is 0 Å². The van der Waals surface area contributed by atoms with E-state index < -0.39 is 11.7 Å². The number of hydrogen-bond donors (Lipinski definition) is 1. The summed E-state index contributed by atoms with van der Waals surface area (Å²) in [6.07, 6.45) is -1.62. The average molecular weight is 404 g/mol. The number of aromatic nitrogens is 2. The van der Waals surface area contributed by atoms with Gasteiger partial charge >= 0.3 is 6.18 Å². The van der Waals surface area contributed by atoms with Crippen molar-refractivity contribution in [1.82, 2.24) is 10.1 Å². The molecule has 0 bridgehead atoms. The summed E-state index contributed by atoms with van der Waals surface area (Å²) < 4.78 is 43.8. The van der Waals surface area contributed by atoms with Gasteiger partial charge in [-0.15, -0.1) is 0 Å². The number of amides is 1. The van der Waals surface area contributed by atoms with Gasteiger partial charge in [0.1, 0.15) is 5.76 Å². The van der Waals surface area contributed by atoms with E-state index in [1.807, 2.05) is 0 Å². The highest BCUT2D eigenvalue weighted by atomic mass is 19.4. The minimum absolute atomic E-state index is 0.104. The molecule has 1 aliphatic rings. The highest BCUT2D eigenvalue weighted by Gasteiger charge is 2.31. The molecule has 1 fully saturated rings. The number of fused-ring (bicyclic) bond motifs is 1. The van der Waals surface area contributed by atoms with Crippen molar-refractivity contribution in [2.45, 2.75) is 25.9 Å². The second-order valence-corrected chi connectivity index (χ2v) is 7.13. The van der Waals surface area contributed by atoms with Crippen LogP contribution in [0, 0.1) is 12.8 Å². The molecule has 152 valence electrons. The Balaban J connectivity index is 1.47. The molecule has 0 unspecified atom stereocenters. The van der Waals surface area contributed by atoms with Crippen LogP contribution in [-0.4, -0.2) is 29.1 Å². The van der Waals surface area contributed by atoms with Crippen molar-refractivity contribution in [2.24, 2.45) is 5.92 Å². The van der Waals surface area contributed by atoms with Gasteiger partial charge in [-0.2, -0.15) is 13.2 Å². The molecule has 0 atom stereocenters. The summed E-state index contributed by atoms with van der Waals surface area (Å²) in [7, 11) is 0. The number of carbonyl (C=O) groups is 1. The van der Waals surface area contributed by atoms with Crippen LogP contribution >= 0.6 is 0 Å². The van der Waals surface area contributed by atoms with Gasteiger partial charge in [0.15, 0.2) is 5.82 Å². The third-order valence-electron chi connectivity index (χ3n) is 5.13. The maximum absolute atomic E-state index is 13.0. The molecule has 0 radical (unpaired) electrons. The number of halogens is 3. The zero-order chi connectivity index (χ0) is 20.6. The third-order valence-corrected chi connectivity index (χ3v) is 5.13. The molecule has 4 rings (SSSR count). The molecule has 1 aliphatic heterocycles. The van der Waals surface area contributed by atoms with Crippen molar-refractivity contribution in [3.8, 4) is 0 Å². The lowest BCUT2D eigenvalue weighted by molar-refractivity contribution is -0.137. The number of anilines is 2. The van der Waals surface area contributed by atoms with Gasteiger partial charge in [-0.3, -0.25) is 9.78 Å². The Morgan fingerprint density at radius 3 is 2.62 bits per heavy atom. The predicted octanol–water partition coefficient (Wildman–Crippen LogP) is 4.41. The smallest absolute Gasteiger partial charge is 0.371 e. The first-order valence-electron chi connectivity index (χ1n) is 9.26. The minimum Gasteiger partial charge on any atom is -0.371 e. The van der Waals surface area contributed by atoms with Crippen LogP contribution in [0.15, 0.2) is 41.1 Å². The number of nitrogens with one attached hydrogen (secondary N) is 1. The molecular weight excluding hydrogens is 385 g/mol. The van der Waals surface area contributed by atoms with Crippen LogP contribution in [0.1, 0.15) is 24.2 Å². The van der Waals surface area contributed by atoms with Crippen LogP contribution in [0.2, 0.25) is 0 Å². The number of carbonyl (C=O) groups excluding carboxylic acids is 1. The Bertz CT molecular complexity index is 1040. The zero-order valence-electron chi connectivity index (χ0n) is 15.7. The molecule has 1 saturated heterocycles. The van der Waals surface area contributed by atoms with Crippen LogP contribution in [0.4, 0.5) is 24.7 Å². The fraction of sp³-hybridized carbons (Fsp3) is 0.350. The molecular formula is C20H19F3N4O2. The normalized spacial score (nSPS) is 15.7. The molecule has 3 aromatic rings. The molecule has 0 aliphatic carbocycles. The Hall–Kier alpha value is -3.10. The van der Waals surface area contributed by atoms with Gasteiger partial charge in [0, 0.05) is 42.3 Å². The molecule has 1 amide bonds. The second kappa shape index (κ2) is 7.38. The lowest BCUT2D eigenvalue weighted by atomic mass is 9.95. The number of alkyl halides is 3. The Labute approximate surface area is 164 Å². The zero-order valence-corrected chi connectivity index (χ0v) is 15.7. The van der Waals surface area contributed by atoms with E-state index in [4.69, 9.17) is 4.52 Å². The van der Waals surface area contributed by atoms with Gasteiger partial charge in [-0.1, -0.05) is 11.2 Å². The largest absolute Gasteiger partial charge is 0.416 e. The van der Waals surface area contributed by atoms with E-state index in [-0.39, 0.29) is 11.8 Å². The van der Waals surface area contributed by atoms with Crippen molar-refractivity contribution in [3.63, 3.8) is 0 Å². The molecule has 2 aromatic heterocycles. The van der Waals surface area contributed by atoms with Crippen molar-refractivity contribution in [2.75, 3.05) is 23.3 Å². The van der Waals surface area contributed by atoms with E-state index >= 15 is 0 Å². The SMILES string of the molecule is Cc1cc(NC(=O)C2CCN(c3ccnc4cc(C(F)(F)F)ccc34)CC2)no1. The Kier molecular flexibility index (Phi) is 4.89. The van der Waals surface area contributed by atoms with Crippen LogP contribution in [0.5, 0.6) is 0 Å².